The molecule has 0 unspecified atom stereocenters. The molecule has 0 bridgehead atoms. The van der Waals surface area contributed by atoms with Crippen molar-refractivity contribution in [2.45, 2.75) is 170 Å². The molecule has 0 radical (unpaired) electrons. The van der Waals surface area contributed by atoms with Crippen molar-refractivity contribution in [3.63, 3.8) is 0 Å². The molecular formula is C48H71NO12. The fourth-order valence-electron chi connectivity index (χ4n) is 5.24. The van der Waals surface area contributed by atoms with Crippen LogP contribution in [0, 0.1) is 5.92 Å². The van der Waals surface area contributed by atoms with Crippen LogP contribution in [0.15, 0.2) is 86.0 Å². The van der Waals surface area contributed by atoms with E-state index in [9.17, 15) is 24.0 Å². The fourth-order valence-corrected chi connectivity index (χ4v) is 5.24. The van der Waals surface area contributed by atoms with Gasteiger partial charge in [-0.1, -0.05) is 79.7 Å². The highest BCUT2D eigenvalue weighted by molar-refractivity contribution is 5.94. The largest absolute Gasteiger partial charge is 0.460 e. The molecule has 0 aliphatic carbocycles. The van der Waals surface area contributed by atoms with E-state index in [0.29, 0.717) is 31.0 Å². The van der Waals surface area contributed by atoms with Gasteiger partial charge < -0.3 is 33.2 Å². The summed E-state index contributed by atoms with van der Waals surface area (Å²) in [5.74, 6) is -2.23. The SMILES string of the molecule is C=CC[C@@H](OCc1ccccc1)[C@H](C)OC(=O)[C@H](C)CC(=O)OC(C)(C)C.C=CC[C@@H](OCc1ccccc1)[C@H](C)OC(=O)[C@H](C)N(C(=O)OC(C)(C)C)C(=O)OC(C)(C)C. The molecule has 13 nitrogen and oxygen atoms in total. The number of hydrogen-bond acceptors (Lipinski definition) is 12. The van der Waals surface area contributed by atoms with Crippen molar-refractivity contribution in [1.82, 2.24) is 4.90 Å². The third kappa shape index (κ3) is 23.0. The zero-order chi connectivity index (χ0) is 46.6. The van der Waals surface area contributed by atoms with Gasteiger partial charge >= 0.3 is 30.1 Å². The molecule has 0 saturated carbocycles. The molecule has 61 heavy (non-hydrogen) atoms. The van der Waals surface area contributed by atoms with Gasteiger partial charge in [-0.05, 0) is 107 Å². The summed E-state index contributed by atoms with van der Waals surface area (Å²) in [4.78, 5) is 63.3. The Morgan fingerprint density at radius 2 is 0.934 bits per heavy atom. The van der Waals surface area contributed by atoms with Crippen molar-refractivity contribution in [2.75, 3.05) is 0 Å². The first-order chi connectivity index (χ1) is 28.3. The summed E-state index contributed by atoms with van der Waals surface area (Å²) in [7, 11) is 0. The smallest absolute Gasteiger partial charge is 0.420 e. The number of carbonyl (C=O) groups is 5. The standard InChI is InChI=1S/C26H39NO7.C22H32O5/c1-10-14-21(31-17-20-15-12-11-13-16-20)19(3)32-22(28)18(2)27(23(29)33-25(4,5)6)24(30)34-26(7,8)9;1-7-11-19(25-15-18-12-9-8-10-13-18)17(3)26-21(24)16(2)14-20(23)27-22(4,5)6/h10-13,15-16,18-19,21H,1,14,17H2,2-9H3;7-10,12-13,16-17,19H,1,11,14-15H2,2-6H3/t18-,19-,21+;16-,17+,19-/m01/s1. The number of rotatable bonds is 19. The first kappa shape index (κ1) is 54.0. The Morgan fingerprint density at radius 3 is 1.28 bits per heavy atom. The molecule has 0 N–H and O–H groups in total. The summed E-state index contributed by atoms with van der Waals surface area (Å²) in [6.07, 6.45) is 0.505. The van der Waals surface area contributed by atoms with Crippen molar-refractivity contribution in [2.24, 2.45) is 5.92 Å². The number of hydrogen-bond donors (Lipinski definition) is 0. The molecule has 0 spiro atoms. The first-order valence-corrected chi connectivity index (χ1v) is 20.7. The fraction of sp³-hybridized carbons (Fsp3) is 0.562. The maximum Gasteiger partial charge on any atom is 0.420 e. The monoisotopic (exact) mass is 853 g/mol. The number of benzene rings is 2. The number of imide groups is 1. The average molecular weight is 854 g/mol. The molecule has 0 aliphatic rings. The molecule has 2 aromatic rings. The van der Waals surface area contributed by atoms with Crippen molar-refractivity contribution in [1.29, 1.82) is 0 Å². The van der Waals surface area contributed by atoms with E-state index in [-0.39, 0.29) is 12.5 Å². The van der Waals surface area contributed by atoms with Crippen LogP contribution in [-0.4, -0.2) is 82.3 Å². The highest BCUT2D eigenvalue weighted by atomic mass is 16.6. The van der Waals surface area contributed by atoms with Crippen molar-refractivity contribution in [3.8, 4) is 0 Å². The van der Waals surface area contributed by atoms with E-state index in [1.54, 1.807) is 95.2 Å². The zero-order valence-corrected chi connectivity index (χ0v) is 38.7. The van der Waals surface area contributed by atoms with E-state index in [2.05, 4.69) is 13.2 Å². The summed E-state index contributed by atoms with van der Waals surface area (Å²) in [5, 5.41) is 0. The van der Waals surface area contributed by atoms with Gasteiger partial charge in [0.15, 0.2) is 0 Å². The second kappa shape index (κ2) is 25.7. The third-order valence-electron chi connectivity index (χ3n) is 8.27. The third-order valence-corrected chi connectivity index (χ3v) is 8.27. The predicted octanol–water partition coefficient (Wildman–Crippen LogP) is 10.1. The Hall–Kier alpha value is -5.01. The van der Waals surface area contributed by atoms with Crippen LogP contribution in [0.5, 0.6) is 0 Å². The molecule has 0 fully saturated rings. The van der Waals surface area contributed by atoms with Crippen LogP contribution in [0.4, 0.5) is 9.59 Å². The number of amides is 2. The minimum absolute atomic E-state index is 0.0141. The van der Waals surface area contributed by atoms with Crippen LogP contribution in [0.25, 0.3) is 0 Å². The summed E-state index contributed by atoms with van der Waals surface area (Å²) in [5.41, 5.74) is -0.315. The second-order valence-corrected chi connectivity index (χ2v) is 17.7. The number of ether oxygens (including phenoxy) is 7. The molecule has 0 saturated heterocycles. The van der Waals surface area contributed by atoms with Crippen LogP contribution < -0.4 is 0 Å². The lowest BCUT2D eigenvalue weighted by Crippen LogP contribution is -2.52. The maximum absolute atomic E-state index is 13.0. The predicted molar refractivity (Wildman–Crippen MR) is 234 cm³/mol. The normalized spacial score (nSPS) is 14.5. The molecule has 2 aromatic carbocycles. The molecule has 13 heteroatoms. The van der Waals surface area contributed by atoms with E-state index < -0.39 is 77.2 Å². The van der Waals surface area contributed by atoms with Crippen LogP contribution >= 0.6 is 0 Å². The summed E-state index contributed by atoms with van der Waals surface area (Å²) >= 11 is 0. The zero-order valence-electron chi connectivity index (χ0n) is 38.7. The van der Waals surface area contributed by atoms with Crippen LogP contribution in [-0.2, 0) is 60.8 Å². The minimum Gasteiger partial charge on any atom is -0.460 e. The Kier molecular flexibility index (Phi) is 22.7. The second-order valence-electron chi connectivity index (χ2n) is 17.7. The molecule has 0 aromatic heterocycles. The van der Waals surface area contributed by atoms with Crippen LogP contribution in [0.2, 0.25) is 0 Å². The van der Waals surface area contributed by atoms with Gasteiger partial charge in [-0.15, -0.1) is 13.2 Å². The van der Waals surface area contributed by atoms with Gasteiger partial charge in [-0.2, -0.15) is 4.90 Å². The molecule has 6 atom stereocenters. The lowest BCUT2D eigenvalue weighted by molar-refractivity contribution is -0.167. The van der Waals surface area contributed by atoms with E-state index in [4.69, 9.17) is 33.2 Å². The Bertz CT molecular complexity index is 1650. The Morgan fingerprint density at radius 1 is 0.574 bits per heavy atom. The number of nitrogens with zero attached hydrogens (tertiary/aromatic N) is 1. The van der Waals surface area contributed by atoms with E-state index in [1.165, 1.54) is 6.92 Å². The number of esters is 3. The van der Waals surface area contributed by atoms with Crippen molar-refractivity contribution < 1.29 is 57.1 Å². The lowest BCUT2D eigenvalue weighted by atomic mass is 10.1. The van der Waals surface area contributed by atoms with Crippen molar-refractivity contribution in [3.05, 3.63) is 97.1 Å². The highest BCUT2D eigenvalue weighted by Gasteiger charge is 2.39. The van der Waals surface area contributed by atoms with Gasteiger partial charge in [0, 0.05) is 0 Å². The quantitative estimate of drug-likeness (QED) is 0.0751. The topological polar surface area (TPSA) is 153 Å². The van der Waals surface area contributed by atoms with Crippen molar-refractivity contribution >= 4 is 30.1 Å². The minimum atomic E-state index is -1.29. The van der Waals surface area contributed by atoms with Gasteiger partial charge in [-0.3, -0.25) is 9.59 Å². The Balaban J connectivity index is 0.000000626. The summed E-state index contributed by atoms with van der Waals surface area (Å²) in [6.45, 7) is 30.1. The molecule has 0 aliphatic heterocycles. The van der Waals surface area contributed by atoms with E-state index in [1.807, 2.05) is 60.7 Å². The van der Waals surface area contributed by atoms with Gasteiger partial charge in [0.25, 0.3) is 0 Å². The first-order valence-electron chi connectivity index (χ1n) is 20.7. The molecule has 0 heterocycles. The van der Waals surface area contributed by atoms with Gasteiger partial charge in [0.2, 0.25) is 0 Å². The molecular weight excluding hydrogens is 783 g/mol. The maximum atomic E-state index is 13.0. The van der Waals surface area contributed by atoms with Crippen LogP contribution in [0.1, 0.15) is 120 Å². The molecule has 2 amide bonds. The lowest BCUT2D eigenvalue weighted by Gasteiger charge is -2.32. The van der Waals surface area contributed by atoms with Gasteiger partial charge in [-0.25, -0.2) is 14.4 Å². The van der Waals surface area contributed by atoms with E-state index >= 15 is 0 Å². The summed E-state index contributed by atoms with van der Waals surface area (Å²) < 4.78 is 38.9. The summed E-state index contributed by atoms with van der Waals surface area (Å²) in [6, 6.07) is 18.1. The van der Waals surface area contributed by atoms with Gasteiger partial charge in [0.05, 0.1) is 37.8 Å². The van der Waals surface area contributed by atoms with E-state index in [0.717, 1.165) is 11.1 Å². The van der Waals surface area contributed by atoms with Crippen LogP contribution in [0.3, 0.4) is 0 Å². The highest BCUT2D eigenvalue weighted by Crippen LogP contribution is 2.21. The average Bonchev–Trinajstić information content (AvgIpc) is 3.13. The number of carbonyl (C=O) groups excluding carboxylic acids is 5. The molecule has 340 valence electrons. The Labute approximate surface area is 364 Å². The van der Waals surface area contributed by atoms with Gasteiger partial charge in [0.1, 0.15) is 35.1 Å². The molecule has 2 rings (SSSR count).